The number of fused-ring (bicyclic) bond motifs is 2. The molecule has 0 saturated heterocycles. The molecule has 5 rings (SSSR count). The van der Waals surface area contributed by atoms with Crippen LogP contribution in [0.4, 0.5) is 10.1 Å². The minimum atomic E-state index is -0.936. The predicted octanol–water partition coefficient (Wildman–Crippen LogP) is 6.30. The lowest BCUT2D eigenvalue weighted by atomic mass is 10.0. The van der Waals surface area contributed by atoms with E-state index >= 15 is 0 Å². The second kappa shape index (κ2) is 14.7. The zero-order valence-corrected chi connectivity index (χ0v) is 26.0. The van der Waals surface area contributed by atoms with Crippen LogP contribution in [0.3, 0.4) is 0 Å². The highest BCUT2D eigenvalue weighted by atomic mass is 35.5. The highest BCUT2D eigenvalue weighted by Crippen LogP contribution is 2.38. The zero-order chi connectivity index (χ0) is 31.9. The van der Waals surface area contributed by atoms with Crippen molar-refractivity contribution in [2.45, 2.75) is 64.0 Å². The number of hydrogen-bond donors (Lipinski definition) is 4. The van der Waals surface area contributed by atoms with E-state index in [0.717, 1.165) is 43.2 Å². The monoisotopic (exact) mass is 653 g/mol. The first-order chi connectivity index (χ1) is 21.7. The van der Waals surface area contributed by atoms with Gasteiger partial charge in [-0.3, -0.25) is 19.2 Å². The van der Waals surface area contributed by atoms with Crippen LogP contribution in [0.5, 0.6) is 0 Å². The fraction of sp³-hybridized carbons (Fsp3) is 0.344. The summed E-state index contributed by atoms with van der Waals surface area (Å²) in [6, 6.07) is 11.8. The van der Waals surface area contributed by atoms with E-state index in [-0.39, 0.29) is 40.6 Å². The van der Waals surface area contributed by atoms with Gasteiger partial charge in [0.15, 0.2) is 0 Å². The summed E-state index contributed by atoms with van der Waals surface area (Å²) in [7, 11) is 0. The summed E-state index contributed by atoms with van der Waals surface area (Å²) >= 11 is 7.65. The van der Waals surface area contributed by atoms with E-state index in [1.165, 1.54) is 40.4 Å². The maximum atomic E-state index is 14.3. The van der Waals surface area contributed by atoms with E-state index in [1.807, 2.05) is 18.2 Å². The quantitative estimate of drug-likeness (QED) is 0.118. The molecule has 0 aliphatic carbocycles. The highest BCUT2D eigenvalue weighted by molar-refractivity contribution is 7.13. The molecule has 2 aromatic heterocycles. The van der Waals surface area contributed by atoms with Gasteiger partial charge in [-0.15, -0.1) is 0 Å². The maximum Gasteiger partial charge on any atom is 0.303 e. The standard InChI is InChI=1S/C32H33ClFN5O5S/c33-22-14-13-19(34)16-21(22)28-30-23(36-32(44)29-20-10-7-8-11-25(20)45-38-29)17-24(39(30)18-26(40)37-28)31(43)35-15-9-5-3-1-2-4-6-12-27(41)42/h7-8,10-11,13-14,16-17,28H,1-6,9,12,15,18H2,(H,35,43)(H,36,44)(H,37,40)(H,41,42). The van der Waals surface area contributed by atoms with Crippen molar-refractivity contribution in [2.75, 3.05) is 11.9 Å². The highest BCUT2D eigenvalue weighted by Gasteiger charge is 2.35. The number of carboxylic acids is 1. The SMILES string of the molecule is O=C(O)CCCCCCCCCNC(=O)c1cc(NC(=O)c2nsc3ccccc23)c2n1CC(=O)NC2c1cc(F)ccc1Cl. The Morgan fingerprint density at radius 1 is 1.02 bits per heavy atom. The number of nitrogens with one attached hydrogen (secondary N) is 3. The van der Waals surface area contributed by atoms with Gasteiger partial charge in [0.1, 0.15) is 23.7 Å². The van der Waals surface area contributed by atoms with Gasteiger partial charge in [0.25, 0.3) is 11.8 Å². The lowest BCUT2D eigenvalue weighted by Gasteiger charge is -2.29. The summed E-state index contributed by atoms with van der Waals surface area (Å²) in [6.45, 7) is 0.231. The van der Waals surface area contributed by atoms with Crippen LogP contribution in [0.15, 0.2) is 48.5 Å². The Hall–Kier alpha value is -4.29. The number of anilines is 1. The Morgan fingerprint density at radius 2 is 1.76 bits per heavy atom. The lowest BCUT2D eigenvalue weighted by molar-refractivity contribution is -0.137. The second-order valence-electron chi connectivity index (χ2n) is 10.9. The summed E-state index contributed by atoms with van der Waals surface area (Å²) in [5.74, 6) is -2.62. The van der Waals surface area contributed by atoms with Crippen LogP contribution in [0.1, 0.15) is 89.6 Å². The molecule has 13 heteroatoms. The Labute approximate surface area is 268 Å². The molecule has 1 unspecified atom stereocenters. The number of aliphatic carboxylic acids is 1. The van der Waals surface area contributed by atoms with Crippen LogP contribution in [0, 0.1) is 5.82 Å². The summed E-state index contributed by atoms with van der Waals surface area (Å²) in [5, 5.41) is 18.3. The lowest BCUT2D eigenvalue weighted by Crippen LogP contribution is -2.41. The van der Waals surface area contributed by atoms with Crippen LogP contribution < -0.4 is 16.0 Å². The molecule has 236 valence electrons. The third-order valence-corrected chi connectivity index (χ3v) is 8.89. The molecule has 0 spiro atoms. The number of halogens is 2. The third kappa shape index (κ3) is 7.69. The van der Waals surface area contributed by atoms with Gasteiger partial charge in [-0.05, 0) is 54.7 Å². The molecule has 3 heterocycles. The van der Waals surface area contributed by atoms with E-state index in [4.69, 9.17) is 16.7 Å². The maximum absolute atomic E-state index is 14.3. The summed E-state index contributed by atoms with van der Waals surface area (Å²) in [5.41, 5.74) is 1.35. The number of benzene rings is 2. The van der Waals surface area contributed by atoms with E-state index < -0.39 is 35.5 Å². The van der Waals surface area contributed by atoms with E-state index in [1.54, 1.807) is 6.07 Å². The number of carbonyl (C=O) groups excluding carboxylic acids is 3. The van der Waals surface area contributed by atoms with Gasteiger partial charge in [-0.1, -0.05) is 61.9 Å². The first-order valence-corrected chi connectivity index (χ1v) is 16.0. The Kier molecular flexibility index (Phi) is 10.5. The predicted molar refractivity (Wildman–Crippen MR) is 170 cm³/mol. The molecule has 10 nitrogen and oxygen atoms in total. The fourth-order valence-corrected chi connectivity index (χ4v) is 6.52. The molecular formula is C32H33ClFN5O5S. The van der Waals surface area contributed by atoms with Gasteiger partial charge in [-0.2, -0.15) is 4.37 Å². The number of carboxylic acid groups (broad SMARTS) is 1. The van der Waals surface area contributed by atoms with Crippen molar-refractivity contribution >= 4 is 62.6 Å². The van der Waals surface area contributed by atoms with Gasteiger partial charge >= 0.3 is 5.97 Å². The van der Waals surface area contributed by atoms with E-state index in [2.05, 4.69) is 20.3 Å². The van der Waals surface area contributed by atoms with Crippen molar-refractivity contribution < 1.29 is 28.7 Å². The Morgan fingerprint density at radius 3 is 2.53 bits per heavy atom. The zero-order valence-electron chi connectivity index (χ0n) is 24.4. The molecule has 3 amide bonds. The minimum absolute atomic E-state index is 0.175. The van der Waals surface area contributed by atoms with Crippen molar-refractivity contribution in [1.29, 1.82) is 0 Å². The Balaban J connectivity index is 1.34. The number of nitrogens with zero attached hydrogens (tertiary/aromatic N) is 2. The van der Waals surface area contributed by atoms with Crippen molar-refractivity contribution in [3.8, 4) is 0 Å². The van der Waals surface area contributed by atoms with Crippen molar-refractivity contribution in [1.82, 2.24) is 19.6 Å². The molecule has 1 aliphatic heterocycles. The van der Waals surface area contributed by atoms with Gasteiger partial charge in [0.2, 0.25) is 5.91 Å². The molecule has 0 saturated carbocycles. The molecule has 45 heavy (non-hydrogen) atoms. The first kappa shape index (κ1) is 32.1. The van der Waals surface area contributed by atoms with Gasteiger partial charge in [-0.25, -0.2) is 4.39 Å². The molecule has 1 aliphatic rings. The molecule has 0 bridgehead atoms. The minimum Gasteiger partial charge on any atom is -0.481 e. The van der Waals surface area contributed by atoms with Crippen LogP contribution in [-0.2, 0) is 16.1 Å². The van der Waals surface area contributed by atoms with Gasteiger partial charge in [0, 0.05) is 28.9 Å². The molecule has 1 atom stereocenters. The summed E-state index contributed by atoms with van der Waals surface area (Å²) < 4.78 is 21.1. The van der Waals surface area contributed by atoms with E-state index in [9.17, 15) is 23.6 Å². The van der Waals surface area contributed by atoms with Gasteiger partial charge < -0.3 is 25.6 Å². The fourth-order valence-electron chi connectivity index (χ4n) is 5.52. The smallest absolute Gasteiger partial charge is 0.303 e. The number of rotatable bonds is 14. The molecule has 4 N–H and O–H groups in total. The summed E-state index contributed by atoms with van der Waals surface area (Å²) in [6.07, 6.45) is 6.35. The van der Waals surface area contributed by atoms with Crippen LogP contribution in [0.25, 0.3) is 10.1 Å². The Bertz CT molecular complexity index is 1740. The molecule has 0 fully saturated rings. The molecule has 2 aromatic carbocycles. The third-order valence-electron chi connectivity index (χ3n) is 7.71. The second-order valence-corrected chi connectivity index (χ2v) is 12.1. The van der Waals surface area contributed by atoms with Gasteiger partial charge in [0.05, 0.1) is 22.1 Å². The van der Waals surface area contributed by atoms with Crippen LogP contribution >= 0.6 is 23.1 Å². The average molecular weight is 654 g/mol. The largest absolute Gasteiger partial charge is 0.481 e. The normalized spacial score (nSPS) is 14.2. The summed E-state index contributed by atoms with van der Waals surface area (Å²) in [4.78, 5) is 50.4. The van der Waals surface area contributed by atoms with Crippen molar-refractivity contribution in [2.24, 2.45) is 0 Å². The average Bonchev–Trinajstić information content (AvgIpc) is 3.60. The van der Waals surface area contributed by atoms with Crippen molar-refractivity contribution in [3.63, 3.8) is 0 Å². The molecule has 4 aromatic rings. The van der Waals surface area contributed by atoms with Crippen molar-refractivity contribution in [3.05, 3.63) is 82.0 Å². The number of carbonyl (C=O) groups is 4. The topological polar surface area (TPSA) is 142 Å². The number of unbranched alkanes of at least 4 members (excludes halogenated alkanes) is 6. The number of amides is 3. The van der Waals surface area contributed by atoms with E-state index in [0.29, 0.717) is 24.0 Å². The molecular weight excluding hydrogens is 621 g/mol. The van der Waals surface area contributed by atoms with Crippen LogP contribution in [-0.4, -0.2) is 44.3 Å². The molecule has 0 radical (unpaired) electrons. The first-order valence-electron chi connectivity index (χ1n) is 14.9. The van der Waals surface area contributed by atoms with Crippen LogP contribution in [0.2, 0.25) is 5.02 Å². The number of hydrogen-bond acceptors (Lipinski definition) is 6. The number of aromatic nitrogens is 2.